The summed E-state index contributed by atoms with van der Waals surface area (Å²) in [6.07, 6.45) is 0.0708. The van der Waals surface area contributed by atoms with Crippen LogP contribution in [0.15, 0.2) is 35.6 Å². The van der Waals surface area contributed by atoms with Crippen LogP contribution in [-0.2, 0) is 25.7 Å². The van der Waals surface area contributed by atoms with Crippen molar-refractivity contribution in [2.45, 2.75) is 13.0 Å². The largest absolute Gasteiger partial charge is 0.511 e. The molecule has 0 saturated heterocycles. The molecule has 0 atom stereocenters. The number of hydrogen-bond acceptors (Lipinski definition) is 6. The van der Waals surface area contributed by atoms with Crippen LogP contribution in [0.2, 0.25) is 0 Å². The summed E-state index contributed by atoms with van der Waals surface area (Å²) < 4.78 is 5.02. The SMILES string of the molecule is O=C(O)CNC(=O)C1=C(O)CCN(Cc2ccc(OCC(=O)O)cc2)C1=O. The number of aliphatic carboxylic acids is 2. The van der Waals surface area contributed by atoms with Gasteiger partial charge in [0.2, 0.25) is 0 Å². The number of nitrogens with zero attached hydrogens (tertiary/aromatic N) is 1. The summed E-state index contributed by atoms with van der Waals surface area (Å²) in [6, 6.07) is 6.40. The van der Waals surface area contributed by atoms with Crippen LogP contribution in [0, 0.1) is 0 Å². The van der Waals surface area contributed by atoms with Gasteiger partial charge in [0.25, 0.3) is 11.8 Å². The second-order valence-electron chi connectivity index (χ2n) is 5.70. The topological polar surface area (TPSA) is 153 Å². The van der Waals surface area contributed by atoms with Crippen LogP contribution in [0.5, 0.6) is 5.75 Å². The molecular weight excluding hydrogens is 360 g/mol. The molecule has 1 aliphatic heterocycles. The van der Waals surface area contributed by atoms with Crippen molar-refractivity contribution in [3.05, 3.63) is 41.2 Å². The van der Waals surface area contributed by atoms with Crippen LogP contribution in [0.3, 0.4) is 0 Å². The van der Waals surface area contributed by atoms with Gasteiger partial charge < -0.3 is 30.3 Å². The molecule has 0 unspecified atom stereocenters. The van der Waals surface area contributed by atoms with Gasteiger partial charge in [-0.1, -0.05) is 12.1 Å². The molecule has 0 fully saturated rings. The Labute approximate surface area is 153 Å². The average molecular weight is 378 g/mol. The lowest BCUT2D eigenvalue weighted by Gasteiger charge is -2.28. The zero-order chi connectivity index (χ0) is 20.0. The number of hydrogen-bond donors (Lipinski definition) is 4. The summed E-state index contributed by atoms with van der Waals surface area (Å²) >= 11 is 0. The molecule has 0 bridgehead atoms. The Morgan fingerprint density at radius 3 is 2.37 bits per heavy atom. The van der Waals surface area contributed by atoms with Crippen molar-refractivity contribution < 1.29 is 39.2 Å². The molecule has 10 heteroatoms. The quantitative estimate of drug-likeness (QED) is 0.457. The van der Waals surface area contributed by atoms with Crippen LogP contribution in [0.25, 0.3) is 0 Å². The molecule has 1 aromatic rings. The molecule has 0 spiro atoms. The monoisotopic (exact) mass is 378 g/mol. The molecular formula is C17H18N2O8. The smallest absolute Gasteiger partial charge is 0.341 e. The Hall–Kier alpha value is -3.56. The second kappa shape index (κ2) is 8.70. The number of aliphatic hydroxyl groups excluding tert-OH is 1. The molecule has 1 aromatic carbocycles. The fraction of sp³-hybridized carbons (Fsp3) is 0.294. The van der Waals surface area contributed by atoms with Gasteiger partial charge in [0.05, 0.1) is 0 Å². The van der Waals surface area contributed by atoms with Gasteiger partial charge in [-0.15, -0.1) is 0 Å². The van der Waals surface area contributed by atoms with E-state index in [1.807, 2.05) is 0 Å². The Morgan fingerprint density at radius 2 is 1.78 bits per heavy atom. The summed E-state index contributed by atoms with van der Waals surface area (Å²) in [6.45, 7) is -0.789. The number of carbonyl (C=O) groups excluding carboxylic acids is 2. The highest BCUT2D eigenvalue weighted by molar-refractivity contribution is 6.19. The minimum Gasteiger partial charge on any atom is -0.511 e. The summed E-state index contributed by atoms with van der Waals surface area (Å²) in [5, 5.41) is 29.1. The van der Waals surface area contributed by atoms with E-state index in [1.54, 1.807) is 24.3 Å². The van der Waals surface area contributed by atoms with Crippen molar-refractivity contribution in [3.8, 4) is 5.75 Å². The van der Waals surface area contributed by atoms with Crippen LogP contribution in [0.4, 0.5) is 0 Å². The van der Waals surface area contributed by atoms with Crippen molar-refractivity contribution in [3.63, 3.8) is 0 Å². The number of carbonyl (C=O) groups is 4. The molecule has 0 aromatic heterocycles. The molecule has 1 heterocycles. The van der Waals surface area contributed by atoms with Gasteiger partial charge in [0.15, 0.2) is 6.61 Å². The highest BCUT2D eigenvalue weighted by Gasteiger charge is 2.32. The van der Waals surface area contributed by atoms with E-state index in [0.717, 1.165) is 0 Å². The van der Waals surface area contributed by atoms with Crippen molar-refractivity contribution in [2.24, 2.45) is 0 Å². The van der Waals surface area contributed by atoms with Gasteiger partial charge in [-0.3, -0.25) is 14.4 Å². The number of carboxylic acids is 2. The van der Waals surface area contributed by atoms with E-state index in [1.165, 1.54) is 4.90 Å². The molecule has 0 radical (unpaired) electrons. The van der Waals surface area contributed by atoms with Crippen LogP contribution < -0.4 is 10.1 Å². The molecule has 2 amide bonds. The molecule has 10 nitrogen and oxygen atoms in total. The third kappa shape index (κ3) is 5.46. The van der Waals surface area contributed by atoms with Gasteiger partial charge in [0, 0.05) is 19.5 Å². The predicted octanol–water partition coefficient (Wildman–Crippen LogP) is -0.105. The van der Waals surface area contributed by atoms with E-state index in [9.17, 15) is 24.3 Å². The maximum absolute atomic E-state index is 12.5. The third-order valence-electron chi connectivity index (χ3n) is 3.69. The third-order valence-corrected chi connectivity index (χ3v) is 3.69. The van der Waals surface area contributed by atoms with Gasteiger partial charge in [-0.25, -0.2) is 4.79 Å². The number of benzene rings is 1. The van der Waals surface area contributed by atoms with E-state index in [2.05, 4.69) is 5.32 Å². The number of rotatable bonds is 8. The van der Waals surface area contributed by atoms with E-state index in [-0.39, 0.29) is 25.3 Å². The highest BCUT2D eigenvalue weighted by atomic mass is 16.5. The summed E-state index contributed by atoms with van der Waals surface area (Å²) in [5.74, 6) is -4.03. The standard InChI is InChI=1S/C17H18N2O8/c20-12-5-6-19(17(26)15(12)16(25)18-7-13(21)22)8-10-1-3-11(4-2-10)27-9-14(23)24/h1-4,20H,5-9H2,(H,18,25)(H,21,22)(H,23,24). The minimum atomic E-state index is -1.27. The van der Waals surface area contributed by atoms with Gasteiger partial charge in [-0.05, 0) is 17.7 Å². The van der Waals surface area contributed by atoms with E-state index in [4.69, 9.17) is 14.9 Å². The van der Waals surface area contributed by atoms with E-state index in [0.29, 0.717) is 11.3 Å². The maximum atomic E-state index is 12.5. The molecule has 2 rings (SSSR count). The first kappa shape index (κ1) is 19.8. The minimum absolute atomic E-state index is 0.0708. The van der Waals surface area contributed by atoms with E-state index >= 15 is 0 Å². The molecule has 1 aliphatic rings. The van der Waals surface area contributed by atoms with Crippen molar-refractivity contribution in [2.75, 3.05) is 19.7 Å². The summed E-state index contributed by atoms with van der Waals surface area (Å²) in [7, 11) is 0. The van der Waals surface area contributed by atoms with Crippen LogP contribution in [0.1, 0.15) is 12.0 Å². The van der Waals surface area contributed by atoms with Crippen LogP contribution in [-0.4, -0.2) is 63.7 Å². The second-order valence-corrected chi connectivity index (χ2v) is 5.70. The zero-order valence-electron chi connectivity index (χ0n) is 14.2. The first-order valence-corrected chi connectivity index (χ1v) is 7.93. The molecule has 4 N–H and O–H groups in total. The first-order valence-electron chi connectivity index (χ1n) is 7.93. The fourth-order valence-corrected chi connectivity index (χ4v) is 2.43. The molecule has 144 valence electrons. The maximum Gasteiger partial charge on any atom is 0.341 e. The predicted molar refractivity (Wildman–Crippen MR) is 89.9 cm³/mol. The van der Waals surface area contributed by atoms with Crippen LogP contribution >= 0.6 is 0 Å². The summed E-state index contributed by atoms with van der Waals surface area (Å²) in [5.41, 5.74) is 0.238. The Kier molecular flexibility index (Phi) is 6.36. The molecule has 27 heavy (non-hydrogen) atoms. The summed E-state index contributed by atoms with van der Waals surface area (Å²) in [4.78, 5) is 46.8. The van der Waals surface area contributed by atoms with Gasteiger partial charge in [-0.2, -0.15) is 0 Å². The van der Waals surface area contributed by atoms with Crippen molar-refractivity contribution in [1.82, 2.24) is 10.2 Å². The number of amides is 2. The first-order chi connectivity index (χ1) is 12.8. The number of aliphatic hydroxyl groups is 1. The molecule has 0 aliphatic carbocycles. The zero-order valence-corrected chi connectivity index (χ0v) is 14.2. The van der Waals surface area contributed by atoms with Gasteiger partial charge >= 0.3 is 11.9 Å². The van der Waals surface area contributed by atoms with Crippen molar-refractivity contribution in [1.29, 1.82) is 0 Å². The lowest BCUT2D eigenvalue weighted by atomic mass is 10.0. The fourth-order valence-electron chi connectivity index (χ4n) is 2.43. The molecule has 0 saturated carbocycles. The number of nitrogens with one attached hydrogen (secondary N) is 1. The normalized spacial score (nSPS) is 14.1. The number of carboxylic acid groups (broad SMARTS) is 2. The lowest BCUT2D eigenvalue weighted by molar-refractivity contribution is -0.139. The average Bonchev–Trinajstić information content (AvgIpc) is 2.61. The Morgan fingerprint density at radius 1 is 1.11 bits per heavy atom. The van der Waals surface area contributed by atoms with Crippen molar-refractivity contribution >= 4 is 23.8 Å². The lowest BCUT2D eigenvalue weighted by Crippen LogP contribution is -2.43. The number of ether oxygens (including phenoxy) is 1. The Balaban J connectivity index is 2.03. The Bertz CT molecular complexity index is 785. The van der Waals surface area contributed by atoms with E-state index < -0.39 is 42.5 Å². The van der Waals surface area contributed by atoms with Gasteiger partial charge in [0.1, 0.15) is 23.6 Å². The highest BCUT2D eigenvalue weighted by Crippen LogP contribution is 2.21.